The van der Waals surface area contributed by atoms with Gasteiger partial charge in [0, 0.05) is 31.0 Å². The van der Waals surface area contributed by atoms with Crippen molar-refractivity contribution < 1.29 is 9.81 Å². The van der Waals surface area contributed by atoms with Gasteiger partial charge in [0.1, 0.15) is 0 Å². The van der Waals surface area contributed by atoms with Gasteiger partial charge in [-0.2, -0.15) is 5.10 Å². The molecule has 0 N–H and O–H groups in total. The highest BCUT2D eigenvalue weighted by atomic mass is 16.7. The maximum atomic E-state index is 12.0. The van der Waals surface area contributed by atoms with Gasteiger partial charge in [0.2, 0.25) is 5.28 Å². The van der Waals surface area contributed by atoms with Crippen LogP contribution in [0.5, 0.6) is 0 Å². The summed E-state index contributed by atoms with van der Waals surface area (Å²) < 4.78 is 1.83. The zero-order valence-corrected chi connectivity index (χ0v) is 15.7. The number of rotatable bonds is 5. The molecule has 8 heteroatoms. The van der Waals surface area contributed by atoms with Crippen molar-refractivity contribution in [3.63, 3.8) is 0 Å². The molecule has 0 saturated carbocycles. The lowest BCUT2D eigenvalue weighted by atomic mass is 10.1. The van der Waals surface area contributed by atoms with Crippen LogP contribution in [0.1, 0.15) is 27.2 Å². The lowest BCUT2D eigenvalue weighted by molar-refractivity contribution is -0.720. The van der Waals surface area contributed by atoms with Crippen molar-refractivity contribution in [2.24, 2.45) is 5.28 Å². The van der Waals surface area contributed by atoms with Crippen LogP contribution in [0.25, 0.3) is 5.69 Å². The Morgan fingerprint density at radius 1 is 1.27 bits per heavy atom. The van der Waals surface area contributed by atoms with Crippen LogP contribution in [0.3, 0.4) is 0 Å². The average molecular weight is 358 g/mol. The summed E-state index contributed by atoms with van der Waals surface area (Å²) in [6.45, 7) is 7.40. The Hall–Kier alpha value is -2.77. The van der Waals surface area contributed by atoms with Crippen molar-refractivity contribution in [2.45, 2.75) is 38.8 Å². The standard InChI is InChI=1S/C18H26N6O2/c1-18(2,3)21(4)24(25)20-26-17-10-13-22(14-17)15-6-8-16(9-7-15)23-12-5-11-19-23/h5-9,11-12,17H,10,13-14H2,1-4H3/b24-20+/t17-/m1/s1. The van der Waals surface area contributed by atoms with E-state index in [1.807, 2.05) is 49.8 Å². The first-order valence-corrected chi connectivity index (χ1v) is 8.77. The second kappa shape index (κ2) is 7.23. The monoisotopic (exact) mass is 358 g/mol. The number of hydrogen-bond acceptors (Lipinski definition) is 5. The molecule has 1 aliphatic rings. The minimum Gasteiger partial charge on any atom is -0.569 e. The zero-order valence-electron chi connectivity index (χ0n) is 15.7. The summed E-state index contributed by atoms with van der Waals surface area (Å²) in [4.78, 5) is 8.20. The van der Waals surface area contributed by atoms with Crippen LogP contribution in [-0.4, -0.2) is 51.5 Å². The Morgan fingerprint density at radius 2 is 1.96 bits per heavy atom. The fourth-order valence-corrected chi connectivity index (χ4v) is 2.70. The van der Waals surface area contributed by atoms with Gasteiger partial charge in [-0.05, 0) is 51.1 Å². The van der Waals surface area contributed by atoms with Crippen molar-refractivity contribution in [3.05, 3.63) is 47.9 Å². The van der Waals surface area contributed by atoms with Crippen LogP contribution >= 0.6 is 0 Å². The number of aromatic nitrogens is 2. The first-order valence-electron chi connectivity index (χ1n) is 8.77. The molecule has 1 saturated heterocycles. The fraction of sp³-hybridized carbons (Fsp3) is 0.500. The molecule has 1 aromatic heterocycles. The van der Waals surface area contributed by atoms with Gasteiger partial charge in [-0.1, -0.05) is 0 Å². The van der Waals surface area contributed by atoms with E-state index in [9.17, 15) is 5.21 Å². The Labute approximate surface area is 153 Å². The Kier molecular flexibility index (Phi) is 5.01. The SMILES string of the molecule is CN(/[N+]([O-])=N\O[C@@H]1CCN(c2ccc(-n3cccn3)cc2)C1)C(C)(C)C. The maximum absolute atomic E-state index is 12.0. The Balaban J connectivity index is 1.57. The first-order chi connectivity index (χ1) is 12.3. The number of hydrazine groups is 1. The molecule has 140 valence electrons. The molecule has 1 aliphatic heterocycles. The zero-order chi connectivity index (χ0) is 18.7. The number of hydrogen-bond donors (Lipinski definition) is 0. The van der Waals surface area contributed by atoms with E-state index >= 15 is 0 Å². The lowest BCUT2D eigenvalue weighted by Gasteiger charge is -2.26. The van der Waals surface area contributed by atoms with E-state index in [0.717, 1.165) is 24.3 Å². The third kappa shape index (κ3) is 4.07. The summed E-state index contributed by atoms with van der Waals surface area (Å²) in [5, 5.41) is 21.4. The molecular weight excluding hydrogens is 332 g/mol. The van der Waals surface area contributed by atoms with Gasteiger partial charge in [0.25, 0.3) is 0 Å². The van der Waals surface area contributed by atoms with Gasteiger partial charge in [0.05, 0.1) is 29.8 Å². The van der Waals surface area contributed by atoms with E-state index < -0.39 is 0 Å². The second-order valence-corrected chi connectivity index (χ2v) is 7.46. The van der Waals surface area contributed by atoms with Crippen LogP contribution in [0, 0.1) is 5.21 Å². The normalized spacial score (nSPS) is 18.2. The van der Waals surface area contributed by atoms with E-state index in [4.69, 9.17) is 4.84 Å². The lowest BCUT2D eigenvalue weighted by Crippen LogP contribution is -2.42. The van der Waals surface area contributed by atoms with E-state index in [1.54, 1.807) is 13.2 Å². The molecule has 1 aromatic carbocycles. The predicted octanol–water partition coefficient (Wildman–Crippen LogP) is 2.99. The largest absolute Gasteiger partial charge is 0.569 e. The third-order valence-electron chi connectivity index (χ3n) is 4.62. The summed E-state index contributed by atoms with van der Waals surface area (Å²) in [5.41, 5.74) is 1.83. The van der Waals surface area contributed by atoms with E-state index in [-0.39, 0.29) is 11.6 Å². The van der Waals surface area contributed by atoms with Gasteiger partial charge in [-0.25, -0.2) is 4.68 Å². The minimum atomic E-state index is -0.313. The molecule has 1 fully saturated rings. The van der Waals surface area contributed by atoms with Crippen LogP contribution in [-0.2, 0) is 4.84 Å². The molecule has 0 spiro atoms. The highest BCUT2D eigenvalue weighted by molar-refractivity contribution is 5.51. The van der Waals surface area contributed by atoms with Crippen LogP contribution in [0.4, 0.5) is 5.69 Å². The number of nitrogens with zero attached hydrogens (tertiary/aromatic N) is 6. The number of benzene rings is 1. The summed E-state index contributed by atoms with van der Waals surface area (Å²) in [6.07, 6.45) is 4.42. The smallest absolute Gasteiger partial charge is 0.233 e. The molecule has 2 heterocycles. The van der Waals surface area contributed by atoms with Gasteiger partial charge in [-0.15, -0.1) is 5.01 Å². The van der Waals surface area contributed by atoms with Crippen molar-refractivity contribution in [2.75, 3.05) is 25.0 Å². The topological polar surface area (TPSA) is 72.0 Å². The summed E-state index contributed by atoms with van der Waals surface area (Å²) in [5.74, 6) is 0. The second-order valence-electron chi connectivity index (χ2n) is 7.46. The molecule has 1 atom stereocenters. The van der Waals surface area contributed by atoms with E-state index in [2.05, 4.69) is 27.4 Å². The molecule has 2 aromatic rings. The molecule has 0 bridgehead atoms. The van der Waals surface area contributed by atoms with Gasteiger partial charge >= 0.3 is 0 Å². The van der Waals surface area contributed by atoms with Crippen LogP contribution in [0.2, 0.25) is 0 Å². The molecule has 8 nitrogen and oxygen atoms in total. The fourth-order valence-electron chi connectivity index (χ4n) is 2.70. The Bertz CT molecular complexity index is 736. The summed E-state index contributed by atoms with van der Waals surface area (Å²) >= 11 is 0. The molecule has 0 amide bonds. The number of anilines is 1. The van der Waals surface area contributed by atoms with Gasteiger partial charge in [0.15, 0.2) is 6.10 Å². The van der Waals surface area contributed by atoms with Crippen LogP contribution < -0.4 is 4.90 Å². The highest BCUT2D eigenvalue weighted by Gasteiger charge is 2.27. The maximum Gasteiger partial charge on any atom is 0.233 e. The quantitative estimate of drug-likeness (QED) is 0.467. The first kappa shape index (κ1) is 18.0. The van der Waals surface area contributed by atoms with Crippen LogP contribution in [0.15, 0.2) is 48.0 Å². The van der Waals surface area contributed by atoms with Crippen molar-refractivity contribution in [1.29, 1.82) is 0 Å². The molecule has 26 heavy (non-hydrogen) atoms. The molecule has 3 rings (SSSR count). The molecule has 0 radical (unpaired) electrons. The van der Waals surface area contributed by atoms with Crippen molar-refractivity contribution in [3.8, 4) is 5.69 Å². The predicted molar refractivity (Wildman–Crippen MR) is 98.8 cm³/mol. The van der Waals surface area contributed by atoms with Gasteiger partial charge < -0.3 is 14.9 Å². The summed E-state index contributed by atoms with van der Waals surface area (Å²) in [7, 11) is 1.70. The molecular formula is C18H26N6O2. The van der Waals surface area contributed by atoms with E-state index in [1.165, 1.54) is 5.01 Å². The highest BCUT2D eigenvalue weighted by Crippen LogP contribution is 2.23. The third-order valence-corrected chi connectivity index (χ3v) is 4.62. The van der Waals surface area contributed by atoms with Crippen molar-refractivity contribution in [1.82, 2.24) is 14.8 Å². The average Bonchev–Trinajstić information content (AvgIpc) is 3.30. The van der Waals surface area contributed by atoms with Gasteiger partial charge in [-0.3, -0.25) is 0 Å². The Morgan fingerprint density at radius 3 is 2.58 bits per heavy atom. The summed E-state index contributed by atoms with van der Waals surface area (Å²) in [6, 6.07) is 10.1. The van der Waals surface area contributed by atoms with E-state index in [0.29, 0.717) is 11.5 Å². The molecule has 0 unspecified atom stereocenters. The molecule has 0 aliphatic carbocycles. The minimum absolute atomic E-state index is 0.0920. The van der Waals surface area contributed by atoms with Crippen molar-refractivity contribution >= 4 is 5.69 Å².